The van der Waals surface area contributed by atoms with Gasteiger partial charge in [-0.05, 0) is 38.0 Å². The number of nitrogens with zero attached hydrogens (tertiary/aromatic N) is 2. The highest BCUT2D eigenvalue weighted by molar-refractivity contribution is 5.48. The van der Waals surface area contributed by atoms with Gasteiger partial charge in [-0.3, -0.25) is 0 Å². The average molecular weight is 274 g/mol. The van der Waals surface area contributed by atoms with Crippen LogP contribution in [0.4, 0.5) is 11.6 Å². The second-order valence-corrected chi connectivity index (χ2v) is 6.48. The number of anilines is 2. The minimum absolute atomic E-state index is 0.576. The first-order valence-electron chi connectivity index (χ1n) is 8.08. The maximum atomic E-state index is 4.72. The molecule has 1 heterocycles. The molecule has 1 aromatic rings. The van der Waals surface area contributed by atoms with Crippen molar-refractivity contribution in [3.05, 3.63) is 11.9 Å². The quantitative estimate of drug-likeness (QED) is 0.820. The summed E-state index contributed by atoms with van der Waals surface area (Å²) in [4.78, 5) is 9.30. The Bertz CT molecular complexity index is 456. The Balaban J connectivity index is 1.70. The molecule has 20 heavy (non-hydrogen) atoms. The zero-order valence-corrected chi connectivity index (χ0v) is 12.7. The summed E-state index contributed by atoms with van der Waals surface area (Å²) in [7, 11) is 1.93. The maximum absolute atomic E-state index is 4.72. The lowest BCUT2D eigenvalue weighted by molar-refractivity contribution is 0.502. The number of rotatable bonds is 4. The van der Waals surface area contributed by atoms with E-state index in [1.54, 1.807) is 0 Å². The third-order valence-corrected chi connectivity index (χ3v) is 4.55. The molecule has 2 N–H and O–H groups in total. The summed E-state index contributed by atoms with van der Waals surface area (Å²) in [6.45, 7) is 2.37. The Hall–Kier alpha value is -1.32. The van der Waals surface area contributed by atoms with Crippen LogP contribution in [0.5, 0.6) is 0 Å². The minimum atomic E-state index is 0.576. The van der Waals surface area contributed by atoms with Crippen molar-refractivity contribution in [1.82, 2.24) is 9.97 Å². The number of hydrogen-bond donors (Lipinski definition) is 2. The second kappa shape index (κ2) is 5.98. The van der Waals surface area contributed by atoms with Crippen molar-refractivity contribution in [2.75, 3.05) is 17.7 Å². The van der Waals surface area contributed by atoms with E-state index in [4.69, 9.17) is 4.98 Å². The van der Waals surface area contributed by atoms with Crippen LogP contribution in [0.1, 0.15) is 63.6 Å². The summed E-state index contributed by atoms with van der Waals surface area (Å²) in [5, 5.41) is 6.80. The standard InChI is InChI=1S/C16H26N4/c1-11-4-3-5-13(9-6-11)18-15-10-14(17-2)19-16(20-15)12-7-8-12/h10-13H,3-9H2,1-2H3,(H2,17,18,19,20). The van der Waals surface area contributed by atoms with Crippen molar-refractivity contribution in [3.8, 4) is 0 Å². The molecule has 0 aromatic carbocycles. The molecular formula is C16H26N4. The minimum Gasteiger partial charge on any atom is -0.373 e. The van der Waals surface area contributed by atoms with E-state index in [2.05, 4.69) is 22.5 Å². The van der Waals surface area contributed by atoms with Crippen molar-refractivity contribution in [2.45, 2.75) is 63.8 Å². The average Bonchev–Trinajstić information content (AvgIpc) is 3.28. The lowest BCUT2D eigenvalue weighted by Crippen LogP contribution is -2.20. The normalized spacial score (nSPS) is 26.9. The van der Waals surface area contributed by atoms with Crippen LogP contribution in [-0.4, -0.2) is 23.1 Å². The molecule has 3 rings (SSSR count). The van der Waals surface area contributed by atoms with Gasteiger partial charge in [0.2, 0.25) is 0 Å². The molecule has 2 unspecified atom stereocenters. The zero-order valence-electron chi connectivity index (χ0n) is 12.7. The molecule has 0 bridgehead atoms. The first-order valence-corrected chi connectivity index (χ1v) is 8.08. The van der Waals surface area contributed by atoms with Gasteiger partial charge >= 0.3 is 0 Å². The smallest absolute Gasteiger partial charge is 0.136 e. The zero-order chi connectivity index (χ0) is 13.9. The van der Waals surface area contributed by atoms with E-state index < -0.39 is 0 Å². The van der Waals surface area contributed by atoms with Crippen molar-refractivity contribution < 1.29 is 0 Å². The van der Waals surface area contributed by atoms with E-state index in [1.165, 1.54) is 44.9 Å². The molecule has 0 aliphatic heterocycles. The highest BCUT2D eigenvalue weighted by atomic mass is 15.1. The monoisotopic (exact) mass is 274 g/mol. The van der Waals surface area contributed by atoms with Crippen LogP contribution in [0.3, 0.4) is 0 Å². The molecule has 2 saturated carbocycles. The second-order valence-electron chi connectivity index (χ2n) is 6.48. The number of aromatic nitrogens is 2. The van der Waals surface area contributed by atoms with E-state index in [0.29, 0.717) is 12.0 Å². The number of hydrogen-bond acceptors (Lipinski definition) is 4. The Kier molecular flexibility index (Phi) is 4.08. The summed E-state index contributed by atoms with van der Waals surface area (Å²) in [5.74, 6) is 4.43. The van der Waals surface area contributed by atoms with E-state index in [1.807, 2.05) is 13.1 Å². The van der Waals surface area contributed by atoms with Crippen LogP contribution in [0, 0.1) is 5.92 Å². The summed E-state index contributed by atoms with van der Waals surface area (Å²) in [6, 6.07) is 2.62. The van der Waals surface area contributed by atoms with Gasteiger partial charge in [-0.15, -0.1) is 0 Å². The summed E-state index contributed by atoms with van der Waals surface area (Å²) >= 11 is 0. The molecule has 2 atom stereocenters. The molecule has 2 aliphatic rings. The van der Waals surface area contributed by atoms with Gasteiger partial charge in [-0.25, -0.2) is 9.97 Å². The van der Waals surface area contributed by atoms with Crippen LogP contribution in [0.25, 0.3) is 0 Å². The third-order valence-electron chi connectivity index (χ3n) is 4.55. The van der Waals surface area contributed by atoms with Crippen molar-refractivity contribution in [3.63, 3.8) is 0 Å². The maximum Gasteiger partial charge on any atom is 0.136 e. The molecular weight excluding hydrogens is 248 g/mol. The Morgan fingerprint density at radius 3 is 2.55 bits per heavy atom. The predicted molar refractivity (Wildman–Crippen MR) is 83.2 cm³/mol. The lowest BCUT2D eigenvalue weighted by Gasteiger charge is -2.18. The molecule has 2 fully saturated rings. The third kappa shape index (κ3) is 3.41. The highest BCUT2D eigenvalue weighted by Crippen LogP contribution is 2.39. The highest BCUT2D eigenvalue weighted by Gasteiger charge is 2.27. The molecule has 2 aliphatic carbocycles. The predicted octanol–water partition coefficient (Wildman–Crippen LogP) is 3.78. The Morgan fingerprint density at radius 2 is 1.80 bits per heavy atom. The molecule has 4 heteroatoms. The molecule has 1 aromatic heterocycles. The molecule has 4 nitrogen and oxygen atoms in total. The van der Waals surface area contributed by atoms with Gasteiger partial charge in [-0.1, -0.05) is 19.8 Å². The van der Waals surface area contributed by atoms with Crippen LogP contribution in [-0.2, 0) is 0 Å². The van der Waals surface area contributed by atoms with Gasteiger partial charge in [0, 0.05) is 25.1 Å². The van der Waals surface area contributed by atoms with Gasteiger partial charge in [0.1, 0.15) is 17.5 Å². The summed E-state index contributed by atoms with van der Waals surface area (Å²) in [5.41, 5.74) is 0. The van der Waals surface area contributed by atoms with Crippen LogP contribution < -0.4 is 10.6 Å². The van der Waals surface area contributed by atoms with Crippen molar-refractivity contribution >= 4 is 11.6 Å². The molecule has 0 amide bonds. The molecule has 110 valence electrons. The van der Waals surface area contributed by atoms with E-state index >= 15 is 0 Å². The summed E-state index contributed by atoms with van der Waals surface area (Å²) in [6.07, 6.45) is 9.05. The van der Waals surface area contributed by atoms with Crippen molar-refractivity contribution in [2.24, 2.45) is 5.92 Å². The van der Waals surface area contributed by atoms with Crippen molar-refractivity contribution in [1.29, 1.82) is 0 Å². The number of nitrogens with one attached hydrogen (secondary N) is 2. The van der Waals surface area contributed by atoms with Gasteiger partial charge in [0.05, 0.1) is 0 Å². The first kappa shape index (κ1) is 13.7. The topological polar surface area (TPSA) is 49.8 Å². The fourth-order valence-corrected chi connectivity index (χ4v) is 3.03. The first-order chi connectivity index (χ1) is 9.74. The van der Waals surface area contributed by atoms with Crippen LogP contribution in [0.15, 0.2) is 6.07 Å². The van der Waals surface area contributed by atoms with Gasteiger partial charge < -0.3 is 10.6 Å². The summed E-state index contributed by atoms with van der Waals surface area (Å²) < 4.78 is 0. The van der Waals surface area contributed by atoms with E-state index in [-0.39, 0.29) is 0 Å². The van der Waals surface area contributed by atoms with Gasteiger partial charge in [-0.2, -0.15) is 0 Å². The van der Waals surface area contributed by atoms with Gasteiger partial charge in [0.25, 0.3) is 0 Å². The van der Waals surface area contributed by atoms with E-state index in [0.717, 1.165) is 23.4 Å². The Labute approximate surface area is 121 Å². The lowest BCUT2D eigenvalue weighted by atomic mass is 10.0. The SMILES string of the molecule is CNc1cc(NC2CCCC(C)CC2)nc(C2CC2)n1. The fourth-order valence-electron chi connectivity index (χ4n) is 3.03. The Morgan fingerprint density at radius 1 is 1.00 bits per heavy atom. The largest absolute Gasteiger partial charge is 0.373 e. The molecule has 0 radical (unpaired) electrons. The fraction of sp³-hybridized carbons (Fsp3) is 0.750. The van der Waals surface area contributed by atoms with E-state index in [9.17, 15) is 0 Å². The molecule has 0 saturated heterocycles. The molecule has 0 spiro atoms. The van der Waals surface area contributed by atoms with Crippen LogP contribution >= 0.6 is 0 Å². The van der Waals surface area contributed by atoms with Crippen LogP contribution in [0.2, 0.25) is 0 Å². The van der Waals surface area contributed by atoms with Gasteiger partial charge in [0.15, 0.2) is 0 Å².